The van der Waals surface area contributed by atoms with Crippen LogP contribution in [0.25, 0.3) is 0 Å². The molecule has 0 aromatic carbocycles. The van der Waals surface area contributed by atoms with Crippen LogP contribution in [0.4, 0.5) is 0 Å². The number of amides is 2. The lowest BCUT2D eigenvalue weighted by Crippen LogP contribution is -2.44. The first kappa shape index (κ1) is 7.01. The number of carbonyl (C=O) groups excluding carboxylic acids is 2. The Kier molecular flexibility index (Phi) is 1.86. The summed E-state index contributed by atoms with van der Waals surface area (Å²) >= 11 is 0. The molecule has 0 unspecified atom stereocenters. The van der Waals surface area contributed by atoms with Gasteiger partial charge in [0.1, 0.15) is 6.04 Å². The topological polar surface area (TPSA) is 84.2 Å². The standard InChI is InChI=1S/C5H9N3O2/c6-8-5(10)3-1-2-4(9)7-3/h3H,1-2,6H2,(H,7,9)(H,8,10)/t3-/m1/s1. The first-order valence-electron chi connectivity index (χ1n) is 3.04. The van der Waals surface area contributed by atoms with E-state index >= 15 is 0 Å². The minimum Gasteiger partial charge on any atom is -0.344 e. The molecule has 56 valence electrons. The number of rotatable bonds is 1. The van der Waals surface area contributed by atoms with Gasteiger partial charge in [0.15, 0.2) is 0 Å². The SMILES string of the molecule is NNC(=O)[C@H]1CCC(=O)N1. The molecule has 5 heteroatoms. The second-order valence-electron chi connectivity index (χ2n) is 2.17. The Labute approximate surface area is 57.9 Å². The maximum atomic E-state index is 10.7. The van der Waals surface area contributed by atoms with Crippen molar-refractivity contribution >= 4 is 11.8 Å². The van der Waals surface area contributed by atoms with Crippen LogP contribution in [0.3, 0.4) is 0 Å². The molecule has 0 spiro atoms. The first-order chi connectivity index (χ1) is 4.74. The van der Waals surface area contributed by atoms with Gasteiger partial charge in [-0.25, -0.2) is 5.84 Å². The van der Waals surface area contributed by atoms with Crippen molar-refractivity contribution in [1.29, 1.82) is 0 Å². The minimum atomic E-state index is -0.419. The lowest BCUT2D eigenvalue weighted by molar-refractivity contribution is -0.125. The van der Waals surface area contributed by atoms with Gasteiger partial charge in [-0.05, 0) is 6.42 Å². The van der Waals surface area contributed by atoms with Crippen LogP contribution in [0.1, 0.15) is 12.8 Å². The van der Waals surface area contributed by atoms with E-state index in [9.17, 15) is 9.59 Å². The summed E-state index contributed by atoms with van der Waals surface area (Å²) in [7, 11) is 0. The normalized spacial score (nSPS) is 24.1. The number of nitrogens with two attached hydrogens (primary N) is 1. The van der Waals surface area contributed by atoms with Gasteiger partial charge in [0.05, 0.1) is 0 Å². The zero-order valence-electron chi connectivity index (χ0n) is 5.39. The second-order valence-corrected chi connectivity index (χ2v) is 2.17. The van der Waals surface area contributed by atoms with Crippen molar-refractivity contribution in [2.24, 2.45) is 5.84 Å². The lowest BCUT2D eigenvalue weighted by Gasteiger charge is -2.05. The Morgan fingerprint density at radius 3 is 2.90 bits per heavy atom. The van der Waals surface area contributed by atoms with Crippen LogP contribution in [-0.4, -0.2) is 17.9 Å². The van der Waals surface area contributed by atoms with Crippen molar-refractivity contribution in [2.45, 2.75) is 18.9 Å². The Morgan fingerprint density at radius 2 is 2.50 bits per heavy atom. The largest absolute Gasteiger partial charge is 0.344 e. The van der Waals surface area contributed by atoms with Crippen LogP contribution < -0.4 is 16.6 Å². The molecule has 1 atom stereocenters. The molecule has 4 N–H and O–H groups in total. The Morgan fingerprint density at radius 1 is 1.80 bits per heavy atom. The highest BCUT2D eigenvalue weighted by atomic mass is 16.2. The van der Waals surface area contributed by atoms with Gasteiger partial charge in [-0.3, -0.25) is 15.0 Å². The second kappa shape index (κ2) is 2.66. The van der Waals surface area contributed by atoms with Crippen molar-refractivity contribution in [3.63, 3.8) is 0 Å². The molecule has 2 amide bonds. The Hall–Kier alpha value is -1.10. The predicted molar refractivity (Wildman–Crippen MR) is 33.5 cm³/mol. The van der Waals surface area contributed by atoms with Crippen molar-refractivity contribution in [1.82, 2.24) is 10.7 Å². The molecule has 0 radical (unpaired) electrons. The van der Waals surface area contributed by atoms with Crippen molar-refractivity contribution in [3.05, 3.63) is 0 Å². The maximum Gasteiger partial charge on any atom is 0.256 e. The van der Waals surface area contributed by atoms with E-state index in [1.165, 1.54) is 0 Å². The van der Waals surface area contributed by atoms with Gasteiger partial charge in [-0.15, -0.1) is 0 Å². The van der Waals surface area contributed by atoms with E-state index in [-0.39, 0.29) is 11.8 Å². The van der Waals surface area contributed by atoms with Gasteiger partial charge >= 0.3 is 0 Å². The Bertz CT molecular complexity index is 168. The number of hydrazine groups is 1. The lowest BCUT2D eigenvalue weighted by atomic mass is 10.2. The van der Waals surface area contributed by atoms with E-state index in [2.05, 4.69) is 5.32 Å². The third kappa shape index (κ3) is 1.24. The Balaban J connectivity index is 2.44. The summed E-state index contributed by atoms with van der Waals surface area (Å²) in [5.74, 6) is 4.43. The summed E-state index contributed by atoms with van der Waals surface area (Å²) in [5, 5.41) is 2.47. The van der Waals surface area contributed by atoms with Gasteiger partial charge in [0.25, 0.3) is 5.91 Å². The third-order valence-corrected chi connectivity index (χ3v) is 1.45. The number of carbonyl (C=O) groups is 2. The molecule has 0 aromatic rings. The van der Waals surface area contributed by atoms with Gasteiger partial charge < -0.3 is 5.32 Å². The molecule has 5 nitrogen and oxygen atoms in total. The molecule has 1 fully saturated rings. The van der Waals surface area contributed by atoms with Crippen molar-refractivity contribution in [3.8, 4) is 0 Å². The van der Waals surface area contributed by atoms with Crippen LogP contribution in [0, 0.1) is 0 Å². The highest BCUT2D eigenvalue weighted by molar-refractivity contribution is 5.90. The van der Waals surface area contributed by atoms with Crippen molar-refractivity contribution in [2.75, 3.05) is 0 Å². The zero-order valence-corrected chi connectivity index (χ0v) is 5.39. The van der Waals surface area contributed by atoms with Crippen LogP contribution >= 0.6 is 0 Å². The van der Waals surface area contributed by atoms with Crippen LogP contribution in [0.15, 0.2) is 0 Å². The molecule has 0 bridgehead atoms. The number of nitrogens with one attached hydrogen (secondary N) is 2. The molecule has 1 saturated heterocycles. The fourth-order valence-corrected chi connectivity index (χ4v) is 0.911. The number of hydrogen-bond donors (Lipinski definition) is 3. The summed E-state index contributed by atoms with van der Waals surface area (Å²) < 4.78 is 0. The van der Waals surface area contributed by atoms with Crippen LogP contribution in [0.5, 0.6) is 0 Å². The highest BCUT2D eigenvalue weighted by Gasteiger charge is 2.26. The van der Waals surface area contributed by atoms with E-state index in [0.717, 1.165) is 0 Å². The summed E-state index contributed by atoms with van der Waals surface area (Å²) in [5.41, 5.74) is 1.97. The van der Waals surface area contributed by atoms with Crippen LogP contribution in [-0.2, 0) is 9.59 Å². The zero-order chi connectivity index (χ0) is 7.56. The van der Waals surface area contributed by atoms with Gasteiger partial charge in [0.2, 0.25) is 5.91 Å². The smallest absolute Gasteiger partial charge is 0.256 e. The molecule has 0 aromatic heterocycles. The molecule has 1 rings (SSSR count). The van der Waals surface area contributed by atoms with E-state index in [1.807, 2.05) is 5.43 Å². The highest BCUT2D eigenvalue weighted by Crippen LogP contribution is 2.05. The van der Waals surface area contributed by atoms with Crippen LogP contribution in [0.2, 0.25) is 0 Å². The summed E-state index contributed by atoms with van der Waals surface area (Å²) in [4.78, 5) is 21.3. The average Bonchev–Trinajstić information content (AvgIpc) is 2.34. The fourth-order valence-electron chi connectivity index (χ4n) is 0.911. The average molecular weight is 143 g/mol. The van der Waals surface area contributed by atoms with E-state index in [0.29, 0.717) is 12.8 Å². The molecular formula is C5H9N3O2. The molecule has 0 aliphatic carbocycles. The summed E-state index contributed by atoms with van der Waals surface area (Å²) in [6.07, 6.45) is 0.958. The molecule has 1 heterocycles. The van der Waals surface area contributed by atoms with E-state index < -0.39 is 6.04 Å². The van der Waals surface area contributed by atoms with E-state index in [1.54, 1.807) is 0 Å². The number of hydrogen-bond acceptors (Lipinski definition) is 3. The predicted octanol–water partition coefficient (Wildman–Crippen LogP) is -1.75. The quantitative estimate of drug-likeness (QED) is 0.231. The molecular weight excluding hydrogens is 134 g/mol. The van der Waals surface area contributed by atoms with Gasteiger partial charge in [-0.2, -0.15) is 0 Å². The molecule has 0 saturated carbocycles. The van der Waals surface area contributed by atoms with Crippen molar-refractivity contribution < 1.29 is 9.59 Å². The summed E-state index contributed by atoms with van der Waals surface area (Å²) in [6, 6.07) is -0.419. The monoisotopic (exact) mass is 143 g/mol. The first-order valence-corrected chi connectivity index (χ1v) is 3.04. The molecule has 1 aliphatic rings. The summed E-state index contributed by atoms with van der Waals surface area (Å²) in [6.45, 7) is 0. The molecule has 1 aliphatic heterocycles. The van der Waals surface area contributed by atoms with E-state index in [4.69, 9.17) is 5.84 Å². The minimum absolute atomic E-state index is 0.0893. The maximum absolute atomic E-state index is 10.7. The van der Waals surface area contributed by atoms with Gasteiger partial charge in [-0.1, -0.05) is 0 Å². The van der Waals surface area contributed by atoms with Gasteiger partial charge in [0, 0.05) is 6.42 Å². The third-order valence-electron chi connectivity index (χ3n) is 1.45. The fraction of sp³-hybridized carbons (Fsp3) is 0.600. The molecule has 10 heavy (non-hydrogen) atoms.